The van der Waals surface area contributed by atoms with Gasteiger partial charge in [-0.3, -0.25) is 0 Å². The first kappa shape index (κ1) is 17.0. The van der Waals surface area contributed by atoms with Gasteiger partial charge in [0.1, 0.15) is 5.82 Å². The predicted molar refractivity (Wildman–Crippen MR) is 72.0 cm³/mol. The normalized spacial score (nSPS) is 14.4. The number of hydrogen-bond donors (Lipinski definition) is 1. The molecule has 0 spiro atoms. The summed E-state index contributed by atoms with van der Waals surface area (Å²) >= 11 is 0. The Morgan fingerprint density at radius 3 is 2.25 bits per heavy atom. The van der Waals surface area contributed by atoms with Crippen molar-refractivity contribution in [1.82, 2.24) is 5.32 Å². The highest BCUT2D eigenvalue weighted by molar-refractivity contribution is 5.27. The Morgan fingerprint density at radius 2 is 1.75 bits per heavy atom. The second-order valence-corrected chi connectivity index (χ2v) is 6.25. The highest BCUT2D eigenvalue weighted by Gasteiger charge is 2.34. The third-order valence-corrected chi connectivity index (χ3v) is 2.90. The third kappa shape index (κ3) is 5.49. The average Bonchev–Trinajstić information content (AvgIpc) is 2.27. The maximum absolute atomic E-state index is 13.2. The van der Waals surface area contributed by atoms with Crippen LogP contribution < -0.4 is 5.32 Å². The molecule has 0 bridgehead atoms. The van der Waals surface area contributed by atoms with Gasteiger partial charge in [0, 0.05) is 5.54 Å². The van der Waals surface area contributed by atoms with Crippen molar-refractivity contribution in [3.8, 4) is 0 Å². The Balaban J connectivity index is 2.74. The molecule has 1 aromatic carbocycles. The van der Waals surface area contributed by atoms with Crippen molar-refractivity contribution in [3.05, 3.63) is 35.1 Å². The largest absolute Gasteiger partial charge is 0.419 e. The van der Waals surface area contributed by atoms with Gasteiger partial charge in [0.15, 0.2) is 0 Å². The Bertz CT molecular complexity index is 446. The van der Waals surface area contributed by atoms with Gasteiger partial charge in [-0.15, -0.1) is 0 Å². The Morgan fingerprint density at radius 1 is 1.15 bits per heavy atom. The Kier molecular flexibility index (Phi) is 5.19. The SMILES string of the molecule is CC(CNC(C)(C)C)Cc1ccc(F)c(C(F)(F)F)c1. The number of hydrogen-bond acceptors (Lipinski definition) is 1. The lowest BCUT2D eigenvalue weighted by atomic mass is 9.98. The van der Waals surface area contributed by atoms with E-state index in [0.29, 0.717) is 18.5 Å². The number of rotatable bonds is 4. The fourth-order valence-electron chi connectivity index (χ4n) is 1.87. The summed E-state index contributed by atoms with van der Waals surface area (Å²) in [6.45, 7) is 8.73. The first-order valence-corrected chi connectivity index (χ1v) is 6.59. The van der Waals surface area contributed by atoms with E-state index in [1.165, 1.54) is 6.07 Å². The molecule has 0 heterocycles. The molecule has 5 heteroatoms. The maximum Gasteiger partial charge on any atom is 0.419 e. The van der Waals surface area contributed by atoms with Crippen LogP contribution in [0.1, 0.15) is 38.8 Å². The lowest BCUT2D eigenvalue weighted by Gasteiger charge is -2.23. The molecule has 1 nitrogen and oxygen atoms in total. The van der Waals surface area contributed by atoms with E-state index >= 15 is 0 Å². The molecule has 1 N–H and O–H groups in total. The zero-order valence-corrected chi connectivity index (χ0v) is 12.2. The molecule has 0 amide bonds. The molecule has 114 valence electrons. The van der Waals surface area contributed by atoms with Crippen LogP contribution in [0.25, 0.3) is 0 Å². The van der Waals surface area contributed by atoms with Crippen LogP contribution in [0.15, 0.2) is 18.2 Å². The smallest absolute Gasteiger partial charge is 0.312 e. The summed E-state index contributed by atoms with van der Waals surface area (Å²) in [4.78, 5) is 0. The molecule has 1 atom stereocenters. The molecule has 1 aromatic rings. The summed E-state index contributed by atoms with van der Waals surface area (Å²) in [5, 5.41) is 3.30. The molecule has 0 aliphatic heterocycles. The number of halogens is 4. The fourth-order valence-corrected chi connectivity index (χ4v) is 1.87. The van der Waals surface area contributed by atoms with Gasteiger partial charge in [0.2, 0.25) is 0 Å². The van der Waals surface area contributed by atoms with Crippen molar-refractivity contribution in [2.24, 2.45) is 5.92 Å². The predicted octanol–water partition coefficient (Wildman–Crippen LogP) is 4.41. The van der Waals surface area contributed by atoms with Gasteiger partial charge >= 0.3 is 6.18 Å². The van der Waals surface area contributed by atoms with Gasteiger partial charge in [-0.25, -0.2) is 4.39 Å². The van der Waals surface area contributed by atoms with Crippen LogP contribution in [-0.2, 0) is 12.6 Å². The Hall–Kier alpha value is -1.10. The fraction of sp³-hybridized carbons (Fsp3) is 0.600. The van der Waals surface area contributed by atoms with Gasteiger partial charge in [0.25, 0.3) is 0 Å². The topological polar surface area (TPSA) is 12.0 Å². The van der Waals surface area contributed by atoms with Crippen LogP contribution in [0, 0.1) is 11.7 Å². The molecular formula is C15H21F4N. The van der Waals surface area contributed by atoms with E-state index in [0.717, 1.165) is 12.1 Å². The summed E-state index contributed by atoms with van der Waals surface area (Å²) in [7, 11) is 0. The van der Waals surface area contributed by atoms with Crippen molar-refractivity contribution >= 4 is 0 Å². The van der Waals surface area contributed by atoms with Crippen LogP contribution in [0.2, 0.25) is 0 Å². The van der Waals surface area contributed by atoms with E-state index in [4.69, 9.17) is 0 Å². The summed E-state index contributed by atoms with van der Waals surface area (Å²) in [6, 6.07) is 3.21. The highest BCUT2D eigenvalue weighted by Crippen LogP contribution is 2.32. The molecule has 0 saturated heterocycles. The standard InChI is InChI=1S/C15H21F4N/c1-10(9-20-14(2,3)4)7-11-5-6-13(16)12(8-11)15(17,18)19/h5-6,8,10,20H,7,9H2,1-4H3. The summed E-state index contributed by atoms with van der Waals surface area (Å²) in [5.74, 6) is -1.05. The Labute approximate surface area is 117 Å². The van der Waals surface area contributed by atoms with Gasteiger partial charge in [-0.2, -0.15) is 13.2 Å². The molecular weight excluding hydrogens is 270 g/mol. The van der Waals surface area contributed by atoms with Crippen molar-refractivity contribution in [2.75, 3.05) is 6.54 Å². The number of benzene rings is 1. The zero-order valence-electron chi connectivity index (χ0n) is 12.2. The second kappa shape index (κ2) is 6.12. The first-order valence-electron chi connectivity index (χ1n) is 6.59. The van der Waals surface area contributed by atoms with E-state index in [1.54, 1.807) is 0 Å². The monoisotopic (exact) mass is 291 g/mol. The van der Waals surface area contributed by atoms with Gasteiger partial charge in [0.05, 0.1) is 5.56 Å². The van der Waals surface area contributed by atoms with E-state index < -0.39 is 17.6 Å². The van der Waals surface area contributed by atoms with Crippen LogP contribution in [0.3, 0.4) is 0 Å². The van der Waals surface area contributed by atoms with Gasteiger partial charge in [-0.05, 0) is 57.4 Å². The van der Waals surface area contributed by atoms with E-state index in [1.807, 2.05) is 27.7 Å². The lowest BCUT2D eigenvalue weighted by Crippen LogP contribution is -2.39. The molecule has 0 aliphatic carbocycles. The molecule has 20 heavy (non-hydrogen) atoms. The lowest BCUT2D eigenvalue weighted by molar-refractivity contribution is -0.140. The van der Waals surface area contributed by atoms with Crippen LogP contribution in [0.4, 0.5) is 17.6 Å². The number of alkyl halides is 3. The zero-order chi connectivity index (χ0) is 15.6. The minimum atomic E-state index is -4.65. The van der Waals surface area contributed by atoms with E-state index in [-0.39, 0.29) is 11.5 Å². The minimum Gasteiger partial charge on any atom is -0.312 e. The van der Waals surface area contributed by atoms with E-state index in [2.05, 4.69) is 5.32 Å². The highest BCUT2D eigenvalue weighted by atomic mass is 19.4. The maximum atomic E-state index is 13.2. The number of nitrogens with one attached hydrogen (secondary N) is 1. The molecule has 0 aliphatic rings. The minimum absolute atomic E-state index is 0.0335. The second-order valence-electron chi connectivity index (χ2n) is 6.25. The van der Waals surface area contributed by atoms with Crippen molar-refractivity contribution in [3.63, 3.8) is 0 Å². The third-order valence-electron chi connectivity index (χ3n) is 2.90. The average molecular weight is 291 g/mol. The first-order chi connectivity index (χ1) is 8.99. The van der Waals surface area contributed by atoms with Crippen molar-refractivity contribution in [2.45, 2.75) is 45.8 Å². The van der Waals surface area contributed by atoms with Gasteiger partial charge < -0.3 is 5.32 Å². The van der Waals surface area contributed by atoms with Crippen LogP contribution in [-0.4, -0.2) is 12.1 Å². The van der Waals surface area contributed by atoms with Crippen molar-refractivity contribution in [1.29, 1.82) is 0 Å². The summed E-state index contributed by atoms with van der Waals surface area (Å²) < 4.78 is 51.0. The van der Waals surface area contributed by atoms with E-state index in [9.17, 15) is 17.6 Å². The summed E-state index contributed by atoms with van der Waals surface area (Å²) in [5.41, 5.74) is -0.721. The molecule has 0 fully saturated rings. The molecule has 0 radical (unpaired) electrons. The summed E-state index contributed by atoms with van der Waals surface area (Å²) in [6.07, 6.45) is -4.17. The molecule has 1 rings (SSSR count). The molecule has 0 aromatic heterocycles. The van der Waals surface area contributed by atoms with Crippen LogP contribution >= 0.6 is 0 Å². The molecule has 1 unspecified atom stereocenters. The molecule has 0 saturated carbocycles. The van der Waals surface area contributed by atoms with Crippen LogP contribution in [0.5, 0.6) is 0 Å². The van der Waals surface area contributed by atoms with Crippen molar-refractivity contribution < 1.29 is 17.6 Å². The quantitative estimate of drug-likeness (QED) is 0.810. The van der Waals surface area contributed by atoms with Gasteiger partial charge in [-0.1, -0.05) is 13.0 Å².